The Hall–Kier alpha value is -1.05. The van der Waals surface area contributed by atoms with Crippen LogP contribution in [-0.2, 0) is 0 Å². The van der Waals surface area contributed by atoms with Gasteiger partial charge >= 0.3 is 0 Å². The van der Waals surface area contributed by atoms with Gasteiger partial charge < -0.3 is 4.74 Å². The largest absolute Gasteiger partial charge is 0.490 e. The van der Waals surface area contributed by atoms with E-state index in [1.807, 2.05) is 6.07 Å². The fraction of sp³-hybridized carbons (Fsp3) is 0.538. The van der Waals surface area contributed by atoms with Gasteiger partial charge in [-0.1, -0.05) is 32.4 Å². The Morgan fingerprint density at radius 1 is 1.53 bits per heavy atom. The van der Waals surface area contributed by atoms with Crippen molar-refractivity contribution in [2.75, 3.05) is 6.61 Å². The molecule has 1 aromatic rings. The molecule has 0 aliphatic carbocycles. The maximum atomic E-state index is 13.5. The summed E-state index contributed by atoms with van der Waals surface area (Å²) in [4.78, 5) is 0. The van der Waals surface area contributed by atoms with Crippen molar-refractivity contribution >= 4 is 0 Å². The lowest BCUT2D eigenvalue weighted by Crippen LogP contribution is -2.20. The van der Waals surface area contributed by atoms with Gasteiger partial charge in [-0.05, 0) is 24.3 Å². The maximum Gasteiger partial charge on any atom is 0.165 e. The highest BCUT2D eigenvalue weighted by molar-refractivity contribution is 5.39. The van der Waals surface area contributed by atoms with Gasteiger partial charge in [0.25, 0.3) is 0 Å². The Morgan fingerprint density at radius 3 is 3.07 bits per heavy atom. The quantitative estimate of drug-likeness (QED) is 0.719. The number of hydrogen-bond acceptors (Lipinski definition) is 1. The minimum Gasteiger partial charge on any atom is -0.490 e. The molecule has 2 rings (SSSR count). The van der Waals surface area contributed by atoms with E-state index in [0.717, 1.165) is 18.4 Å². The number of para-hydroxylation sites is 1. The van der Waals surface area contributed by atoms with Crippen LogP contribution in [0.1, 0.15) is 38.2 Å². The van der Waals surface area contributed by atoms with Gasteiger partial charge in [0.2, 0.25) is 0 Å². The zero-order valence-electron chi connectivity index (χ0n) is 9.29. The lowest BCUT2D eigenvalue weighted by Gasteiger charge is -2.30. The molecule has 0 saturated heterocycles. The van der Waals surface area contributed by atoms with Gasteiger partial charge in [0, 0.05) is 5.56 Å². The number of hydrogen-bond donors (Lipinski definition) is 0. The third-order valence-electron chi connectivity index (χ3n) is 3.40. The number of ether oxygens (including phenoxy) is 1. The van der Waals surface area contributed by atoms with Gasteiger partial charge in [0.05, 0.1) is 6.61 Å². The predicted octanol–water partition coefficient (Wildman–Crippen LogP) is 3.74. The predicted molar refractivity (Wildman–Crippen MR) is 58.7 cm³/mol. The Bertz CT molecular complexity index is 348. The van der Waals surface area contributed by atoms with Crippen molar-refractivity contribution in [2.45, 2.75) is 32.6 Å². The molecule has 1 heterocycles. The lowest BCUT2D eigenvalue weighted by atomic mass is 9.82. The molecule has 0 bridgehead atoms. The SMILES string of the molecule is CCC(C)[C@@H]1CCOc2c(F)cccc21. The second-order valence-electron chi connectivity index (χ2n) is 4.29. The van der Waals surface area contributed by atoms with Crippen molar-refractivity contribution in [3.63, 3.8) is 0 Å². The molecule has 0 saturated carbocycles. The normalized spacial score (nSPS) is 21.7. The van der Waals surface area contributed by atoms with Crippen LogP contribution in [0.2, 0.25) is 0 Å². The van der Waals surface area contributed by atoms with E-state index >= 15 is 0 Å². The molecule has 0 radical (unpaired) electrons. The van der Waals surface area contributed by atoms with E-state index in [1.54, 1.807) is 6.07 Å². The summed E-state index contributed by atoms with van der Waals surface area (Å²) in [5, 5.41) is 0. The summed E-state index contributed by atoms with van der Waals surface area (Å²) in [6.45, 7) is 5.05. The van der Waals surface area contributed by atoms with Crippen LogP contribution in [0.3, 0.4) is 0 Å². The molecule has 1 nitrogen and oxygen atoms in total. The van der Waals surface area contributed by atoms with E-state index in [0.29, 0.717) is 24.2 Å². The smallest absolute Gasteiger partial charge is 0.165 e. The highest BCUT2D eigenvalue weighted by Gasteiger charge is 2.27. The third kappa shape index (κ3) is 1.85. The van der Waals surface area contributed by atoms with Crippen LogP contribution in [0.15, 0.2) is 18.2 Å². The van der Waals surface area contributed by atoms with Crippen LogP contribution in [0.4, 0.5) is 4.39 Å². The molecule has 0 N–H and O–H groups in total. The summed E-state index contributed by atoms with van der Waals surface area (Å²) in [7, 11) is 0. The summed E-state index contributed by atoms with van der Waals surface area (Å²) in [6.07, 6.45) is 2.13. The van der Waals surface area contributed by atoms with E-state index in [9.17, 15) is 4.39 Å². The first-order valence-corrected chi connectivity index (χ1v) is 5.65. The minimum atomic E-state index is -0.222. The van der Waals surface area contributed by atoms with Crippen molar-refractivity contribution in [1.29, 1.82) is 0 Å². The Morgan fingerprint density at radius 2 is 2.33 bits per heavy atom. The zero-order chi connectivity index (χ0) is 10.8. The number of rotatable bonds is 2. The van der Waals surface area contributed by atoms with E-state index < -0.39 is 0 Å². The average Bonchev–Trinajstić information content (AvgIpc) is 2.28. The van der Waals surface area contributed by atoms with Crippen LogP contribution in [-0.4, -0.2) is 6.61 Å². The van der Waals surface area contributed by atoms with Crippen molar-refractivity contribution in [3.05, 3.63) is 29.6 Å². The highest BCUT2D eigenvalue weighted by atomic mass is 19.1. The van der Waals surface area contributed by atoms with Gasteiger partial charge in [0.1, 0.15) is 0 Å². The molecular formula is C13H17FO. The van der Waals surface area contributed by atoms with Crippen LogP contribution >= 0.6 is 0 Å². The second-order valence-corrected chi connectivity index (χ2v) is 4.29. The average molecular weight is 208 g/mol. The first-order valence-electron chi connectivity index (χ1n) is 5.65. The molecule has 0 aromatic heterocycles. The fourth-order valence-electron chi connectivity index (χ4n) is 2.29. The maximum absolute atomic E-state index is 13.5. The summed E-state index contributed by atoms with van der Waals surface area (Å²) in [5.41, 5.74) is 1.05. The van der Waals surface area contributed by atoms with Gasteiger partial charge in [-0.25, -0.2) is 4.39 Å². The first-order chi connectivity index (χ1) is 7.24. The van der Waals surface area contributed by atoms with Crippen molar-refractivity contribution in [3.8, 4) is 5.75 Å². The molecule has 0 fully saturated rings. The molecule has 1 aliphatic heterocycles. The van der Waals surface area contributed by atoms with Crippen molar-refractivity contribution < 1.29 is 9.13 Å². The number of fused-ring (bicyclic) bond motifs is 1. The fourth-order valence-corrected chi connectivity index (χ4v) is 2.29. The minimum absolute atomic E-state index is 0.222. The monoisotopic (exact) mass is 208 g/mol. The summed E-state index contributed by atoms with van der Waals surface area (Å²) in [5.74, 6) is 1.30. The van der Waals surface area contributed by atoms with Gasteiger partial charge in [-0.2, -0.15) is 0 Å². The van der Waals surface area contributed by atoms with E-state index in [4.69, 9.17) is 4.74 Å². The third-order valence-corrected chi connectivity index (χ3v) is 3.40. The molecule has 15 heavy (non-hydrogen) atoms. The Labute approximate surface area is 90.3 Å². The standard InChI is InChI=1S/C13H17FO/c1-3-9(2)10-7-8-15-13-11(10)5-4-6-12(13)14/h4-6,9-10H,3,7-8H2,1-2H3/t9?,10-/m0/s1. The molecule has 1 aliphatic rings. The molecule has 0 amide bonds. The van der Waals surface area contributed by atoms with E-state index in [2.05, 4.69) is 13.8 Å². The zero-order valence-corrected chi connectivity index (χ0v) is 9.29. The van der Waals surface area contributed by atoms with Crippen LogP contribution < -0.4 is 4.74 Å². The van der Waals surface area contributed by atoms with E-state index in [1.165, 1.54) is 6.07 Å². The Balaban J connectivity index is 2.38. The second kappa shape index (κ2) is 4.21. The molecule has 1 aromatic carbocycles. The van der Waals surface area contributed by atoms with Crippen LogP contribution in [0.25, 0.3) is 0 Å². The molecule has 82 valence electrons. The Kier molecular flexibility index (Phi) is 2.94. The first kappa shape index (κ1) is 10.5. The summed E-state index contributed by atoms with van der Waals surface area (Å²) < 4.78 is 18.9. The lowest BCUT2D eigenvalue weighted by molar-refractivity contribution is 0.230. The van der Waals surface area contributed by atoms with Gasteiger partial charge in [0.15, 0.2) is 11.6 Å². The van der Waals surface area contributed by atoms with Crippen LogP contribution in [0, 0.1) is 11.7 Å². The molecule has 0 spiro atoms. The van der Waals surface area contributed by atoms with Gasteiger partial charge in [-0.3, -0.25) is 0 Å². The van der Waals surface area contributed by atoms with Gasteiger partial charge in [-0.15, -0.1) is 0 Å². The van der Waals surface area contributed by atoms with E-state index in [-0.39, 0.29) is 5.82 Å². The van der Waals surface area contributed by atoms with Crippen molar-refractivity contribution in [1.82, 2.24) is 0 Å². The molecular weight excluding hydrogens is 191 g/mol. The molecule has 1 unspecified atom stereocenters. The molecule has 2 atom stereocenters. The highest BCUT2D eigenvalue weighted by Crippen LogP contribution is 2.40. The number of halogens is 1. The topological polar surface area (TPSA) is 9.23 Å². The molecule has 2 heteroatoms. The van der Waals surface area contributed by atoms with Crippen LogP contribution in [0.5, 0.6) is 5.75 Å². The summed E-state index contributed by atoms with van der Waals surface area (Å²) in [6, 6.07) is 5.24. The van der Waals surface area contributed by atoms with Crippen molar-refractivity contribution in [2.24, 2.45) is 5.92 Å². The summed E-state index contributed by atoms with van der Waals surface area (Å²) >= 11 is 0. The number of benzene rings is 1.